The van der Waals surface area contributed by atoms with Gasteiger partial charge in [-0.15, -0.1) is 0 Å². The zero-order valence-corrected chi connectivity index (χ0v) is 7.41. The van der Waals surface area contributed by atoms with Gasteiger partial charge in [0.25, 0.3) is 5.91 Å². The predicted molar refractivity (Wildman–Crippen MR) is 48.2 cm³/mol. The largest absolute Gasteiger partial charge is 0.508 e. The fraction of sp³-hybridized carbons (Fsp3) is 0. The first-order chi connectivity index (χ1) is 6.93. The fourth-order valence-electron chi connectivity index (χ4n) is 0.912. The number of nitrogens with zero attached hydrogens (tertiary/aromatic N) is 1. The molecule has 0 atom stereocenters. The Balaban J connectivity index is 3.11. The van der Waals surface area contributed by atoms with Gasteiger partial charge in [-0.3, -0.25) is 4.79 Å². The average Bonchev–Trinajstić information content (AvgIpc) is 2.19. The SMILES string of the molecule is NN(C(=O)O)C(=O)c1cc(O)ccc1O. The Labute approximate surface area is 83.9 Å². The first kappa shape index (κ1) is 10.8. The number of carboxylic acid groups (broad SMARTS) is 1. The van der Waals surface area contributed by atoms with Crippen molar-refractivity contribution in [3.05, 3.63) is 23.8 Å². The summed E-state index contributed by atoms with van der Waals surface area (Å²) in [4.78, 5) is 21.7. The zero-order valence-electron chi connectivity index (χ0n) is 7.41. The number of hydrogen-bond acceptors (Lipinski definition) is 5. The monoisotopic (exact) mass is 212 g/mol. The van der Waals surface area contributed by atoms with Gasteiger partial charge in [-0.05, 0) is 18.2 Å². The molecule has 0 heterocycles. The molecule has 7 heteroatoms. The van der Waals surface area contributed by atoms with Crippen molar-refractivity contribution >= 4 is 12.0 Å². The summed E-state index contributed by atoms with van der Waals surface area (Å²) in [6, 6.07) is 3.12. The van der Waals surface area contributed by atoms with Crippen molar-refractivity contribution in [2.45, 2.75) is 0 Å². The third kappa shape index (κ3) is 2.15. The topological polar surface area (TPSA) is 124 Å². The number of phenolic OH excluding ortho intramolecular Hbond substituents is 2. The highest BCUT2D eigenvalue weighted by atomic mass is 16.4. The Morgan fingerprint density at radius 2 is 1.87 bits per heavy atom. The number of nitrogens with two attached hydrogens (primary N) is 1. The third-order valence-electron chi connectivity index (χ3n) is 1.64. The molecule has 1 rings (SSSR count). The summed E-state index contributed by atoms with van der Waals surface area (Å²) in [5.41, 5.74) is -0.389. The van der Waals surface area contributed by atoms with Crippen molar-refractivity contribution < 1.29 is 24.9 Å². The molecule has 1 aromatic rings. The number of phenols is 2. The first-order valence-corrected chi connectivity index (χ1v) is 3.77. The van der Waals surface area contributed by atoms with Crippen LogP contribution in [0.2, 0.25) is 0 Å². The molecular weight excluding hydrogens is 204 g/mol. The summed E-state index contributed by atoms with van der Waals surface area (Å²) in [6.07, 6.45) is -1.66. The van der Waals surface area contributed by atoms with Crippen molar-refractivity contribution in [2.75, 3.05) is 0 Å². The number of hydrogen-bond donors (Lipinski definition) is 4. The van der Waals surface area contributed by atoms with E-state index >= 15 is 0 Å². The van der Waals surface area contributed by atoms with Crippen LogP contribution in [0.4, 0.5) is 4.79 Å². The van der Waals surface area contributed by atoms with Crippen LogP contribution < -0.4 is 5.84 Å². The van der Waals surface area contributed by atoms with Crippen molar-refractivity contribution in [3.8, 4) is 11.5 Å². The highest BCUT2D eigenvalue weighted by Crippen LogP contribution is 2.22. The molecule has 7 nitrogen and oxygen atoms in total. The third-order valence-corrected chi connectivity index (χ3v) is 1.64. The van der Waals surface area contributed by atoms with Crippen molar-refractivity contribution in [1.29, 1.82) is 0 Å². The molecule has 0 unspecified atom stereocenters. The Morgan fingerprint density at radius 3 is 2.40 bits per heavy atom. The van der Waals surface area contributed by atoms with E-state index in [0.29, 0.717) is 0 Å². The minimum absolute atomic E-state index is 0.0888. The lowest BCUT2D eigenvalue weighted by Gasteiger charge is -2.11. The van der Waals surface area contributed by atoms with Gasteiger partial charge >= 0.3 is 6.09 Å². The van der Waals surface area contributed by atoms with Gasteiger partial charge in [-0.1, -0.05) is 0 Å². The molecule has 0 saturated heterocycles. The van der Waals surface area contributed by atoms with Crippen molar-refractivity contribution in [2.24, 2.45) is 5.84 Å². The molecule has 1 aromatic carbocycles. The van der Waals surface area contributed by atoms with Gasteiger partial charge in [0, 0.05) is 0 Å². The maximum Gasteiger partial charge on any atom is 0.429 e. The molecule has 0 spiro atoms. The minimum atomic E-state index is -1.66. The second-order valence-corrected chi connectivity index (χ2v) is 2.66. The van der Waals surface area contributed by atoms with E-state index in [0.717, 1.165) is 18.2 Å². The maximum atomic E-state index is 11.3. The molecule has 0 radical (unpaired) electrons. The van der Waals surface area contributed by atoms with Crippen LogP contribution in [-0.4, -0.2) is 32.3 Å². The van der Waals surface area contributed by atoms with E-state index in [9.17, 15) is 14.7 Å². The van der Waals surface area contributed by atoms with E-state index in [2.05, 4.69) is 0 Å². The average molecular weight is 212 g/mol. The maximum absolute atomic E-state index is 11.3. The highest BCUT2D eigenvalue weighted by Gasteiger charge is 2.21. The molecule has 0 aliphatic rings. The second kappa shape index (κ2) is 3.84. The van der Waals surface area contributed by atoms with Gasteiger partial charge in [0.1, 0.15) is 11.5 Å². The summed E-state index contributed by atoms with van der Waals surface area (Å²) in [5.74, 6) is 3.03. The summed E-state index contributed by atoms with van der Waals surface area (Å²) < 4.78 is 0. The van der Waals surface area contributed by atoms with E-state index in [-0.39, 0.29) is 16.3 Å². The van der Waals surface area contributed by atoms with Crippen LogP contribution in [0, 0.1) is 0 Å². The number of imide groups is 1. The van der Waals surface area contributed by atoms with Gasteiger partial charge in [-0.25, -0.2) is 10.6 Å². The number of carbonyl (C=O) groups is 2. The van der Waals surface area contributed by atoms with Gasteiger partial charge in [-0.2, -0.15) is 5.01 Å². The lowest BCUT2D eigenvalue weighted by Crippen LogP contribution is -2.41. The molecule has 2 amide bonds. The second-order valence-electron chi connectivity index (χ2n) is 2.66. The minimum Gasteiger partial charge on any atom is -0.508 e. The van der Waals surface area contributed by atoms with Crippen LogP contribution in [0.15, 0.2) is 18.2 Å². The number of benzene rings is 1. The molecule has 0 aliphatic heterocycles. The summed E-state index contributed by atoms with van der Waals surface area (Å²) in [7, 11) is 0. The smallest absolute Gasteiger partial charge is 0.429 e. The highest BCUT2D eigenvalue weighted by molar-refractivity contribution is 6.03. The van der Waals surface area contributed by atoms with Crippen LogP contribution in [0.1, 0.15) is 10.4 Å². The molecule has 0 aliphatic carbocycles. The molecule has 5 N–H and O–H groups in total. The summed E-state index contributed by atoms with van der Waals surface area (Å²) >= 11 is 0. The van der Waals surface area contributed by atoms with Gasteiger partial charge in [0.05, 0.1) is 5.56 Å². The lowest BCUT2D eigenvalue weighted by atomic mass is 10.2. The van der Waals surface area contributed by atoms with E-state index in [4.69, 9.17) is 16.1 Å². The molecule has 80 valence electrons. The van der Waals surface area contributed by atoms with Crippen LogP contribution in [0.3, 0.4) is 0 Å². The van der Waals surface area contributed by atoms with Crippen LogP contribution in [-0.2, 0) is 0 Å². The van der Waals surface area contributed by atoms with Crippen LogP contribution >= 0.6 is 0 Å². The number of amides is 2. The van der Waals surface area contributed by atoms with Crippen molar-refractivity contribution in [3.63, 3.8) is 0 Å². The number of carbonyl (C=O) groups excluding carboxylic acids is 1. The van der Waals surface area contributed by atoms with Crippen LogP contribution in [0.5, 0.6) is 11.5 Å². The van der Waals surface area contributed by atoms with E-state index in [1.54, 1.807) is 0 Å². The zero-order chi connectivity index (χ0) is 11.6. The van der Waals surface area contributed by atoms with E-state index in [1.807, 2.05) is 0 Å². The Kier molecular flexibility index (Phi) is 2.77. The quantitative estimate of drug-likeness (QED) is 0.226. The Hall–Kier alpha value is -2.28. The molecule has 0 aromatic heterocycles. The van der Waals surface area contributed by atoms with Gasteiger partial charge in [0.15, 0.2) is 0 Å². The van der Waals surface area contributed by atoms with Crippen LogP contribution in [0.25, 0.3) is 0 Å². The molecule has 0 bridgehead atoms. The Morgan fingerprint density at radius 1 is 1.27 bits per heavy atom. The molecule has 0 fully saturated rings. The normalized spacial score (nSPS) is 9.67. The first-order valence-electron chi connectivity index (χ1n) is 3.77. The van der Waals surface area contributed by atoms with Gasteiger partial charge in [0.2, 0.25) is 0 Å². The molecule has 15 heavy (non-hydrogen) atoms. The predicted octanol–water partition coefficient (Wildman–Crippen LogP) is 0.0917. The van der Waals surface area contributed by atoms with E-state index in [1.165, 1.54) is 0 Å². The summed E-state index contributed by atoms with van der Waals surface area (Å²) in [5, 5.41) is 26.6. The molecule has 0 saturated carbocycles. The Bertz CT molecular complexity index is 417. The fourth-order valence-corrected chi connectivity index (χ4v) is 0.912. The van der Waals surface area contributed by atoms with E-state index < -0.39 is 17.7 Å². The lowest BCUT2D eigenvalue weighted by molar-refractivity contribution is 0.0738. The number of hydrazine groups is 1. The summed E-state index contributed by atoms with van der Waals surface area (Å²) in [6.45, 7) is 0. The standard InChI is InChI=1S/C8H8N2O5/c9-10(8(14)15)7(13)5-3-4(11)1-2-6(5)12/h1-3,11-12H,9H2,(H,14,15). The molecular formula is C8H8N2O5. The van der Waals surface area contributed by atoms with Gasteiger partial charge < -0.3 is 15.3 Å². The number of aromatic hydroxyl groups is 2. The number of rotatable bonds is 1. The van der Waals surface area contributed by atoms with Crippen molar-refractivity contribution in [1.82, 2.24) is 5.01 Å².